The van der Waals surface area contributed by atoms with E-state index in [0.29, 0.717) is 6.10 Å². The summed E-state index contributed by atoms with van der Waals surface area (Å²) in [5, 5.41) is 0. The summed E-state index contributed by atoms with van der Waals surface area (Å²) in [7, 11) is 0. The molecule has 0 amide bonds. The summed E-state index contributed by atoms with van der Waals surface area (Å²) in [5.74, 6) is 3.14. The average Bonchev–Trinajstić information content (AvgIpc) is 2.50. The minimum absolute atomic E-state index is 0.537. The third kappa shape index (κ3) is 4.24. The third-order valence-corrected chi connectivity index (χ3v) is 3.20. The Morgan fingerprint density at radius 2 is 2.45 bits per heavy atom. The second-order valence-corrected chi connectivity index (χ2v) is 4.28. The van der Waals surface area contributed by atoms with Crippen molar-refractivity contribution < 1.29 is 4.74 Å². The van der Waals surface area contributed by atoms with Gasteiger partial charge in [-0.15, -0.1) is 11.6 Å². The number of halogens is 1. The molecule has 1 atom stereocenters. The fraction of sp³-hybridized carbons (Fsp3) is 1.00. The van der Waals surface area contributed by atoms with E-state index in [0.717, 1.165) is 24.7 Å². The molecular formula is C8H15ClOS. The van der Waals surface area contributed by atoms with Crippen molar-refractivity contribution in [1.82, 2.24) is 0 Å². The second-order valence-electron chi connectivity index (χ2n) is 2.75. The molecule has 0 aromatic rings. The molecule has 0 spiro atoms. The molecule has 66 valence electrons. The molecule has 1 aliphatic rings. The van der Waals surface area contributed by atoms with E-state index in [-0.39, 0.29) is 0 Å². The van der Waals surface area contributed by atoms with Gasteiger partial charge in [0.2, 0.25) is 0 Å². The summed E-state index contributed by atoms with van der Waals surface area (Å²) in [5.41, 5.74) is 0. The molecule has 1 saturated heterocycles. The highest BCUT2D eigenvalue weighted by Gasteiger charge is 2.14. The quantitative estimate of drug-likeness (QED) is 0.492. The molecule has 0 aromatic carbocycles. The molecule has 0 saturated carbocycles. The van der Waals surface area contributed by atoms with E-state index in [1.807, 2.05) is 11.8 Å². The fourth-order valence-corrected chi connectivity index (χ4v) is 2.48. The molecule has 1 nitrogen and oxygen atoms in total. The van der Waals surface area contributed by atoms with Gasteiger partial charge >= 0.3 is 0 Å². The molecular weight excluding hydrogens is 180 g/mol. The van der Waals surface area contributed by atoms with Gasteiger partial charge in [-0.05, 0) is 25.0 Å². The Morgan fingerprint density at radius 3 is 3.09 bits per heavy atom. The minimum Gasteiger partial charge on any atom is -0.377 e. The first-order valence-corrected chi connectivity index (χ1v) is 5.87. The van der Waals surface area contributed by atoms with Gasteiger partial charge in [0.05, 0.1) is 6.10 Å². The highest BCUT2D eigenvalue weighted by Crippen LogP contribution is 2.17. The number of hydrogen-bond donors (Lipinski definition) is 0. The average molecular weight is 195 g/mol. The van der Waals surface area contributed by atoms with Crippen LogP contribution in [0, 0.1) is 0 Å². The Kier molecular flexibility index (Phi) is 5.42. The number of hydrogen-bond acceptors (Lipinski definition) is 2. The lowest BCUT2D eigenvalue weighted by Crippen LogP contribution is -2.08. The largest absolute Gasteiger partial charge is 0.377 e. The molecule has 3 heteroatoms. The van der Waals surface area contributed by atoms with E-state index in [9.17, 15) is 0 Å². The third-order valence-electron chi connectivity index (χ3n) is 1.75. The topological polar surface area (TPSA) is 9.23 Å². The zero-order chi connectivity index (χ0) is 7.94. The van der Waals surface area contributed by atoms with Crippen LogP contribution < -0.4 is 0 Å². The van der Waals surface area contributed by atoms with E-state index >= 15 is 0 Å². The number of rotatable bonds is 5. The second kappa shape index (κ2) is 6.15. The normalized spacial score (nSPS) is 24.3. The van der Waals surface area contributed by atoms with Gasteiger partial charge in [0, 0.05) is 18.2 Å². The Balaban J connectivity index is 1.86. The predicted molar refractivity (Wildman–Crippen MR) is 51.6 cm³/mol. The van der Waals surface area contributed by atoms with Crippen LogP contribution in [0.25, 0.3) is 0 Å². The molecule has 0 bridgehead atoms. The van der Waals surface area contributed by atoms with Gasteiger partial charge in [-0.2, -0.15) is 11.8 Å². The Labute approximate surface area is 77.8 Å². The first-order chi connectivity index (χ1) is 5.43. The van der Waals surface area contributed by atoms with Crippen molar-refractivity contribution >= 4 is 23.4 Å². The summed E-state index contributed by atoms with van der Waals surface area (Å²) in [6.45, 7) is 0.973. The van der Waals surface area contributed by atoms with Crippen LogP contribution in [0.3, 0.4) is 0 Å². The monoisotopic (exact) mass is 194 g/mol. The van der Waals surface area contributed by atoms with Crippen molar-refractivity contribution in [3.8, 4) is 0 Å². The summed E-state index contributed by atoms with van der Waals surface area (Å²) < 4.78 is 5.48. The van der Waals surface area contributed by atoms with Crippen LogP contribution in [0.15, 0.2) is 0 Å². The van der Waals surface area contributed by atoms with Gasteiger partial charge in [-0.25, -0.2) is 0 Å². The highest BCUT2D eigenvalue weighted by molar-refractivity contribution is 7.99. The number of thioether (sulfide) groups is 1. The highest BCUT2D eigenvalue weighted by atomic mass is 35.5. The Bertz CT molecular complexity index is 94.1. The van der Waals surface area contributed by atoms with Gasteiger partial charge in [0.25, 0.3) is 0 Å². The van der Waals surface area contributed by atoms with Crippen molar-refractivity contribution in [1.29, 1.82) is 0 Å². The summed E-state index contributed by atoms with van der Waals surface area (Å²) in [6, 6.07) is 0. The SMILES string of the molecule is ClCCCSCC1CCCO1. The molecule has 1 heterocycles. The van der Waals surface area contributed by atoms with Gasteiger partial charge in [0.1, 0.15) is 0 Å². The fourth-order valence-electron chi connectivity index (χ4n) is 1.15. The van der Waals surface area contributed by atoms with Crippen molar-refractivity contribution in [3.63, 3.8) is 0 Å². The van der Waals surface area contributed by atoms with Crippen LogP contribution in [0.4, 0.5) is 0 Å². The van der Waals surface area contributed by atoms with Gasteiger partial charge < -0.3 is 4.74 Å². The molecule has 0 aliphatic carbocycles. The first kappa shape index (κ1) is 9.69. The predicted octanol–water partition coefficient (Wildman–Crippen LogP) is 2.53. The van der Waals surface area contributed by atoms with Crippen LogP contribution in [-0.2, 0) is 4.74 Å². The smallest absolute Gasteiger partial charge is 0.0666 e. The summed E-state index contributed by atoms with van der Waals surface area (Å²) in [4.78, 5) is 0. The summed E-state index contributed by atoms with van der Waals surface area (Å²) in [6.07, 6.45) is 4.17. The minimum atomic E-state index is 0.537. The molecule has 11 heavy (non-hydrogen) atoms. The van der Waals surface area contributed by atoms with Crippen molar-refractivity contribution in [3.05, 3.63) is 0 Å². The van der Waals surface area contributed by atoms with E-state index < -0.39 is 0 Å². The van der Waals surface area contributed by atoms with E-state index in [1.165, 1.54) is 18.6 Å². The number of ether oxygens (including phenoxy) is 1. The van der Waals surface area contributed by atoms with Gasteiger partial charge in [-0.3, -0.25) is 0 Å². The van der Waals surface area contributed by atoms with Crippen LogP contribution in [-0.4, -0.2) is 30.1 Å². The maximum absolute atomic E-state index is 5.55. The van der Waals surface area contributed by atoms with E-state index in [1.54, 1.807) is 0 Å². The summed E-state index contributed by atoms with van der Waals surface area (Å²) >= 11 is 7.52. The Morgan fingerprint density at radius 1 is 1.55 bits per heavy atom. The maximum Gasteiger partial charge on any atom is 0.0666 e. The first-order valence-electron chi connectivity index (χ1n) is 4.19. The van der Waals surface area contributed by atoms with Crippen molar-refractivity contribution in [2.24, 2.45) is 0 Å². The molecule has 1 rings (SSSR count). The lowest BCUT2D eigenvalue weighted by atomic mass is 10.3. The van der Waals surface area contributed by atoms with E-state index in [4.69, 9.17) is 16.3 Å². The Hall–Kier alpha value is 0.600. The van der Waals surface area contributed by atoms with Crippen LogP contribution >= 0.6 is 23.4 Å². The molecule has 1 aliphatic heterocycles. The molecule has 0 radical (unpaired) electrons. The molecule has 1 fully saturated rings. The molecule has 1 unspecified atom stereocenters. The maximum atomic E-state index is 5.55. The van der Waals surface area contributed by atoms with Gasteiger partial charge in [-0.1, -0.05) is 0 Å². The lowest BCUT2D eigenvalue weighted by molar-refractivity contribution is 0.129. The van der Waals surface area contributed by atoms with Crippen LogP contribution in [0.2, 0.25) is 0 Å². The number of alkyl halides is 1. The van der Waals surface area contributed by atoms with Crippen LogP contribution in [0.5, 0.6) is 0 Å². The van der Waals surface area contributed by atoms with Crippen LogP contribution in [0.1, 0.15) is 19.3 Å². The standard InChI is InChI=1S/C8H15ClOS/c9-4-2-6-11-7-8-3-1-5-10-8/h8H,1-7H2. The van der Waals surface area contributed by atoms with Crippen molar-refractivity contribution in [2.75, 3.05) is 24.0 Å². The van der Waals surface area contributed by atoms with Gasteiger partial charge in [0.15, 0.2) is 0 Å². The van der Waals surface area contributed by atoms with Crippen molar-refractivity contribution in [2.45, 2.75) is 25.4 Å². The lowest BCUT2D eigenvalue weighted by Gasteiger charge is -2.07. The zero-order valence-corrected chi connectivity index (χ0v) is 8.29. The molecule has 0 N–H and O–H groups in total. The van der Waals surface area contributed by atoms with E-state index in [2.05, 4.69) is 0 Å². The molecule has 0 aromatic heterocycles. The zero-order valence-electron chi connectivity index (χ0n) is 6.72.